The summed E-state index contributed by atoms with van der Waals surface area (Å²) in [6, 6.07) is 9.48. The van der Waals surface area contributed by atoms with Crippen LogP contribution in [-0.4, -0.2) is 23.7 Å². The first-order valence-corrected chi connectivity index (χ1v) is 7.51. The summed E-state index contributed by atoms with van der Waals surface area (Å²) in [4.78, 5) is 16.1. The van der Waals surface area contributed by atoms with E-state index in [2.05, 4.69) is 15.6 Å². The quantitative estimate of drug-likeness (QED) is 0.887. The van der Waals surface area contributed by atoms with Crippen LogP contribution in [0.4, 0.5) is 5.69 Å². The van der Waals surface area contributed by atoms with E-state index in [9.17, 15) is 4.79 Å². The van der Waals surface area contributed by atoms with Crippen molar-refractivity contribution in [2.75, 3.05) is 12.1 Å². The maximum Gasteiger partial charge on any atom is 0.270 e. The molecule has 0 saturated heterocycles. The van der Waals surface area contributed by atoms with E-state index in [1.165, 1.54) is 0 Å². The number of amides is 1. The van der Waals surface area contributed by atoms with E-state index in [1.54, 1.807) is 12.3 Å². The summed E-state index contributed by atoms with van der Waals surface area (Å²) in [5.74, 6) is 1.35. The van der Waals surface area contributed by atoms with Gasteiger partial charge in [-0.05, 0) is 43.7 Å². The lowest BCUT2D eigenvalue weighted by molar-refractivity contribution is 0.0938. The molecular weight excluding hydrogens is 294 g/mol. The fraction of sp³-hybridized carbons (Fsp3) is 0.294. The minimum atomic E-state index is -0.174. The first-order valence-electron chi connectivity index (χ1n) is 7.51. The maximum atomic E-state index is 12.0. The number of fused-ring (bicyclic) bond motifs is 1. The SMILES string of the molecule is CC(C)NC(=O)c1cc(NCc2ccc3c(c2)OCO3)ccn1. The molecule has 0 aliphatic carbocycles. The molecule has 6 heteroatoms. The molecule has 3 rings (SSSR count). The molecule has 0 spiro atoms. The summed E-state index contributed by atoms with van der Waals surface area (Å²) in [5, 5.41) is 6.11. The smallest absolute Gasteiger partial charge is 0.270 e. The van der Waals surface area contributed by atoms with E-state index in [1.807, 2.05) is 38.1 Å². The van der Waals surface area contributed by atoms with Gasteiger partial charge in [0, 0.05) is 24.5 Å². The van der Waals surface area contributed by atoms with Crippen LogP contribution in [0.15, 0.2) is 36.5 Å². The average Bonchev–Trinajstić information content (AvgIpc) is 3.00. The number of rotatable bonds is 5. The third-order valence-corrected chi connectivity index (χ3v) is 3.35. The molecule has 23 heavy (non-hydrogen) atoms. The molecule has 1 aromatic heterocycles. The Morgan fingerprint density at radius 1 is 1.22 bits per heavy atom. The van der Waals surface area contributed by atoms with Crippen LogP contribution in [0.25, 0.3) is 0 Å². The highest BCUT2D eigenvalue weighted by Gasteiger charge is 2.13. The van der Waals surface area contributed by atoms with E-state index in [0.717, 1.165) is 22.7 Å². The molecule has 0 fully saturated rings. The number of benzene rings is 1. The summed E-state index contributed by atoms with van der Waals surface area (Å²) in [6.45, 7) is 4.72. The van der Waals surface area contributed by atoms with Crippen molar-refractivity contribution in [2.24, 2.45) is 0 Å². The Morgan fingerprint density at radius 2 is 2.04 bits per heavy atom. The number of carbonyl (C=O) groups excluding carboxylic acids is 1. The fourth-order valence-electron chi connectivity index (χ4n) is 2.26. The largest absolute Gasteiger partial charge is 0.454 e. The molecule has 2 aromatic rings. The minimum absolute atomic E-state index is 0.0783. The molecule has 0 saturated carbocycles. The van der Waals surface area contributed by atoms with Gasteiger partial charge < -0.3 is 20.1 Å². The Balaban J connectivity index is 1.65. The summed E-state index contributed by atoms with van der Waals surface area (Å²) in [7, 11) is 0. The Hall–Kier alpha value is -2.76. The van der Waals surface area contributed by atoms with E-state index in [4.69, 9.17) is 9.47 Å². The molecule has 1 aromatic carbocycles. The number of pyridine rings is 1. The second kappa shape index (κ2) is 6.56. The number of ether oxygens (including phenoxy) is 2. The lowest BCUT2D eigenvalue weighted by Crippen LogP contribution is -2.30. The fourth-order valence-corrected chi connectivity index (χ4v) is 2.26. The van der Waals surface area contributed by atoms with Gasteiger partial charge in [-0.15, -0.1) is 0 Å². The first kappa shape index (κ1) is 15.1. The van der Waals surface area contributed by atoms with E-state index in [-0.39, 0.29) is 18.7 Å². The van der Waals surface area contributed by atoms with Gasteiger partial charge in [0.1, 0.15) is 5.69 Å². The normalized spacial score (nSPS) is 12.3. The zero-order valence-electron chi connectivity index (χ0n) is 13.1. The van der Waals surface area contributed by atoms with Gasteiger partial charge in [0.15, 0.2) is 11.5 Å². The molecule has 1 aliphatic heterocycles. The predicted molar refractivity (Wildman–Crippen MR) is 86.7 cm³/mol. The molecule has 2 heterocycles. The molecule has 0 atom stereocenters. The Morgan fingerprint density at radius 3 is 2.87 bits per heavy atom. The van der Waals surface area contributed by atoms with Crippen LogP contribution in [-0.2, 0) is 6.54 Å². The summed E-state index contributed by atoms with van der Waals surface area (Å²) < 4.78 is 10.7. The highest BCUT2D eigenvalue weighted by atomic mass is 16.7. The lowest BCUT2D eigenvalue weighted by Gasteiger charge is -2.10. The van der Waals surface area contributed by atoms with Gasteiger partial charge in [0.2, 0.25) is 6.79 Å². The van der Waals surface area contributed by atoms with Gasteiger partial charge in [-0.25, -0.2) is 0 Å². The van der Waals surface area contributed by atoms with Gasteiger partial charge >= 0.3 is 0 Å². The molecule has 2 N–H and O–H groups in total. The molecule has 6 nitrogen and oxygen atoms in total. The third-order valence-electron chi connectivity index (χ3n) is 3.35. The second-order valence-corrected chi connectivity index (χ2v) is 5.60. The number of aromatic nitrogens is 1. The molecule has 120 valence electrons. The number of carbonyl (C=O) groups is 1. The summed E-state index contributed by atoms with van der Waals surface area (Å²) in [6.07, 6.45) is 1.62. The van der Waals surface area contributed by atoms with Crippen LogP contribution >= 0.6 is 0 Å². The van der Waals surface area contributed by atoms with Gasteiger partial charge in [-0.2, -0.15) is 0 Å². The monoisotopic (exact) mass is 313 g/mol. The van der Waals surface area contributed by atoms with Crippen molar-refractivity contribution in [1.29, 1.82) is 0 Å². The van der Waals surface area contributed by atoms with Crippen LogP contribution in [0.1, 0.15) is 29.9 Å². The zero-order chi connectivity index (χ0) is 16.2. The second-order valence-electron chi connectivity index (χ2n) is 5.60. The Kier molecular flexibility index (Phi) is 4.32. The van der Waals surface area contributed by atoms with Gasteiger partial charge in [-0.1, -0.05) is 6.07 Å². The van der Waals surface area contributed by atoms with Crippen LogP contribution in [0.5, 0.6) is 11.5 Å². The molecule has 0 radical (unpaired) electrons. The van der Waals surface area contributed by atoms with Crippen LogP contribution < -0.4 is 20.1 Å². The Bertz CT molecular complexity index is 716. The van der Waals surface area contributed by atoms with Crippen molar-refractivity contribution in [3.63, 3.8) is 0 Å². The number of hydrogen-bond acceptors (Lipinski definition) is 5. The van der Waals surface area contributed by atoms with E-state index < -0.39 is 0 Å². The highest BCUT2D eigenvalue weighted by Crippen LogP contribution is 2.32. The molecule has 1 aliphatic rings. The van der Waals surface area contributed by atoms with E-state index >= 15 is 0 Å². The van der Waals surface area contributed by atoms with Crippen LogP contribution in [0, 0.1) is 0 Å². The van der Waals surface area contributed by atoms with Gasteiger partial charge in [0.25, 0.3) is 5.91 Å². The topological polar surface area (TPSA) is 72.5 Å². The molecule has 0 unspecified atom stereocenters. The van der Waals surface area contributed by atoms with Crippen molar-refractivity contribution < 1.29 is 14.3 Å². The first-order chi connectivity index (χ1) is 11.1. The number of nitrogens with zero attached hydrogens (tertiary/aromatic N) is 1. The van der Waals surface area contributed by atoms with Gasteiger partial charge in [-0.3, -0.25) is 9.78 Å². The molecular formula is C17H19N3O3. The standard InChI is InChI=1S/C17H19N3O3/c1-11(2)20-17(21)14-8-13(5-6-18-14)19-9-12-3-4-15-16(7-12)23-10-22-15/h3-8,11H,9-10H2,1-2H3,(H,18,19)(H,20,21). The van der Waals surface area contributed by atoms with Gasteiger partial charge in [0.05, 0.1) is 0 Å². The van der Waals surface area contributed by atoms with Crippen molar-refractivity contribution >= 4 is 11.6 Å². The van der Waals surface area contributed by atoms with Crippen LogP contribution in [0.3, 0.4) is 0 Å². The lowest BCUT2D eigenvalue weighted by atomic mass is 10.2. The third kappa shape index (κ3) is 3.71. The zero-order valence-corrected chi connectivity index (χ0v) is 13.1. The summed E-state index contributed by atoms with van der Waals surface area (Å²) >= 11 is 0. The average molecular weight is 313 g/mol. The number of hydrogen-bond donors (Lipinski definition) is 2. The Labute approximate surface area is 134 Å². The molecule has 1 amide bonds. The van der Waals surface area contributed by atoms with Crippen molar-refractivity contribution in [1.82, 2.24) is 10.3 Å². The van der Waals surface area contributed by atoms with Crippen molar-refractivity contribution in [2.45, 2.75) is 26.4 Å². The van der Waals surface area contributed by atoms with Crippen LogP contribution in [0.2, 0.25) is 0 Å². The maximum absolute atomic E-state index is 12.0. The van der Waals surface area contributed by atoms with Crippen molar-refractivity contribution in [3.8, 4) is 11.5 Å². The van der Waals surface area contributed by atoms with Crippen molar-refractivity contribution in [3.05, 3.63) is 47.8 Å². The number of anilines is 1. The predicted octanol–water partition coefficient (Wildman–Crippen LogP) is 2.56. The van der Waals surface area contributed by atoms with E-state index in [0.29, 0.717) is 12.2 Å². The molecule has 0 bridgehead atoms. The number of nitrogens with one attached hydrogen (secondary N) is 2. The minimum Gasteiger partial charge on any atom is -0.454 e. The highest BCUT2D eigenvalue weighted by molar-refractivity contribution is 5.93. The summed E-state index contributed by atoms with van der Waals surface area (Å²) in [5.41, 5.74) is 2.31.